The molecule has 0 amide bonds. The minimum Gasteiger partial charge on any atom is -0.309 e. The summed E-state index contributed by atoms with van der Waals surface area (Å²) in [5.41, 5.74) is 2.68. The van der Waals surface area contributed by atoms with E-state index in [2.05, 4.69) is 38.4 Å². The van der Waals surface area contributed by atoms with Crippen LogP contribution >= 0.6 is 15.9 Å². The van der Waals surface area contributed by atoms with Crippen LogP contribution in [-0.4, -0.2) is 17.6 Å². The Labute approximate surface area is 91.6 Å². The van der Waals surface area contributed by atoms with Gasteiger partial charge in [-0.05, 0) is 45.5 Å². The summed E-state index contributed by atoms with van der Waals surface area (Å²) in [7, 11) is 0. The highest BCUT2D eigenvalue weighted by molar-refractivity contribution is 9.10. The smallest absolute Gasteiger partial charge is 0.0410 e. The number of pyridine rings is 1. The summed E-state index contributed by atoms with van der Waals surface area (Å²) < 4.78 is 1.05. The van der Waals surface area contributed by atoms with Gasteiger partial charge in [0.1, 0.15) is 0 Å². The third-order valence-electron chi connectivity index (χ3n) is 3.09. The molecule has 2 nitrogen and oxygen atoms in total. The highest BCUT2D eigenvalue weighted by Crippen LogP contribution is 2.37. The molecule has 0 spiro atoms. The van der Waals surface area contributed by atoms with Crippen molar-refractivity contribution in [2.75, 3.05) is 6.54 Å². The molecule has 0 unspecified atom stereocenters. The fourth-order valence-electron chi connectivity index (χ4n) is 2.26. The minimum absolute atomic E-state index is 0.589. The average Bonchev–Trinajstić information content (AvgIpc) is 2.41. The van der Waals surface area contributed by atoms with Gasteiger partial charge < -0.3 is 5.32 Å². The molecule has 1 aromatic heterocycles. The summed E-state index contributed by atoms with van der Waals surface area (Å²) in [4.78, 5) is 4.20. The Hall–Kier alpha value is -0.670. The Balaban J connectivity index is 1.95. The molecule has 14 heavy (non-hydrogen) atoms. The van der Waals surface area contributed by atoms with Gasteiger partial charge in [-0.2, -0.15) is 0 Å². The largest absolute Gasteiger partial charge is 0.309 e. The first-order valence-electron chi connectivity index (χ1n) is 4.89. The van der Waals surface area contributed by atoms with E-state index in [1.165, 1.54) is 24.1 Å². The molecule has 2 heterocycles. The third kappa shape index (κ3) is 1.23. The molecule has 1 aliphatic heterocycles. The molecule has 2 atom stereocenters. The van der Waals surface area contributed by atoms with Gasteiger partial charge in [0.2, 0.25) is 0 Å². The van der Waals surface area contributed by atoms with E-state index in [0.717, 1.165) is 10.4 Å². The van der Waals surface area contributed by atoms with Crippen LogP contribution in [0.1, 0.15) is 12.0 Å². The Kier molecular flexibility index (Phi) is 1.96. The number of rotatable bonds is 1. The van der Waals surface area contributed by atoms with Gasteiger partial charge in [-0.3, -0.25) is 4.98 Å². The number of hydrogen-bond donors (Lipinski definition) is 1. The van der Waals surface area contributed by atoms with E-state index in [0.29, 0.717) is 6.04 Å². The van der Waals surface area contributed by atoms with Gasteiger partial charge in [0, 0.05) is 29.5 Å². The van der Waals surface area contributed by atoms with E-state index in [1.807, 2.05) is 12.4 Å². The first kappa shape index (κ1) is 8.62. The van der Waals surface area contributed by atoms with Crippen molar-refractivity contribution in [1.82, 2.24) is 10.3 Å². The van der Waals surface area contributed by atoms with Crippen molar-refractivity contribution in [2.45, 2.75) is 12.5 Å². The zero-order chi connectivity index (χ0) is 9.54. The van der Waals surface area contributed by atoms with Crippen LogP contribution in [-0.2, 0) is 0 Å². The standard InChI is InChI=1S/C11H11BrN2/c12-9-3-8(4-13-6-9)10-2-1-7-5-14-11(7)10/h2-4,6-7,11,14H,1,5H2/t7-,11+/m1/s1. The number of halogens is 1. The Morgan fingerprint density at radius 1 is 1.43 bits per heavy atom. The van der Waals surface area contributed by atoms with E-state index >= 15 is 0 Å². The predicted molar refractivity (Wildman–Crippen MR) is 59.8 cm³/mol. The van der Waals surface area contributed by atoms with Crippen molar-refractivity contribution < 1.29 is 0 Å². The number of aromatic nitrogens is 1. The lowest BCUT2D eigenvalue weighted by atomic mass is 9.89. The molecule has 1 aromatic rings. The zero-order valence-corrected chi connectivity index (χ0v) is 9.29. The average molecular weight is 251 g/mol. The number of nitrogens with one attached hydrogen (secondary N) is 1. The summed E-state index contributed by atoms with van der Waals surface area (Å²) in [6.45, 7) is 1.17. The first-order valence-corrected chi connectivity index (χ1v) is 5.68. The van der Waals surface area contributed by atoms with Crippen LogP contribution < -0.4 is 5.32 Å². The van der Waals surface area contributed by atoms with E-state index in [1.54, 1.807) is 0 Å². The first-order chi connectivity index (χ1) is 6.84. The zero-order valence-electron chi connectivity index (χ0n) is 7.70. The number of nitrogens with zero attached hydrogens (tertiary/aromatic N) is 1. The Bertz CT molecular complexity index is 400. The lowest BCUT2D eigenvalue weighted by molar-refractivity contribution is 0.307. The van der Waals surface area contributed by atoms with Crippen LogP contribution in [0.25, 0.3) is 5.57 Å². The second-order valence-corrected chi connectivity index (χ2v) is 4.85. The van der Waals surface area contributed by atoms with Gasteiger partial charge in [0.25, 0.3) is 0 Å². The molecular weight excluding hydrogens is 240 g/mol. The molecular formula is C11H11BrN2. The lowest BCUT2D eigenvalue weighted by Gasteiger charge is -2.34. The summed E-state index contributed by atoms with van der Waals surface area (Å²) in [5, 5.41) is 3.46. The summed E-state index contributed by atoms with van der Waals surface area (Å²) in [5.74, 6) is 0.837. The van der Waals surface area contributed by atoms with E-state index in [-0.39, 0.29) is 0 Å². The van der Waals surface area contributed by atoms with Gasteiger partial charge in [0.15, 0.2) is 0 Å². The topological polar surface area (TPSA) is 24.9 Å². The maximum atomic E-state index is 4.20. The van der Waals surface area contributed by atoms with Gasteiger partial charge >= 0.3 is 0 Å². The van der Waals surface area contributed by atoms with E-state index in [9.17, 15) is 0 Å². The second kappa shape index (κ2) is 3.17. The highest BCUT2D eigenvalue weighted by atomic mass is 79.9. The van der Waals surface area contributed by atoms with Gasteiger partial charge in [-0.1, -0.05) is 6.08 Å². The SMILES string of the molecule is Brc1cncc(C2=CC[C@@H]3CN[C@H]23)c1. The number of hydrogen-bond acceptors (Lipinski definition) is 2. The summed E-state index contributed by atoms with van der Waals surface area (Å²) >= 11 is 3.45. The molecule has 0 bridgehead atoms. The van der Waals surface area contributed by atoms with Crippen LogP contribution in [0.15, 0.2) is 29.0 Å². The van der Waals surface area contributed by atoms with Gasteiger partial charge in [-0.25, -0.2) is 0 Å². The fourth-order valence-corrected chi connectivity index (χ4v) is 2.62. The molecule has 1 aliphatic carbocycles. The molecule has 0 radical (unpaired) electrons. The predicted octanol–water partition coefficient (Wildman–Crippen LogP) is 2.22. The summed E-state index contributed by atoms with van der Waals surface area (Å²) in [6, 6.07) is 2.73. The van der Waals surface area contributed by atoms with Crippen LogP contribution in [0, 0.1) is 5.92 Å². The number of fused-ring (bicyclic) bond motifs is 1. The maximum absolute atomic E-state index is 4.20. The normalized spacial score (nSPS) is 29.4. The molecule has 3 heteroatoms. The van der Waals surface area contributed by atoms with Crippen molar-refractivity contribution in [1.29, 1.82) is 0 Å². The molecule has 1 N–H and O–H groups in total. The molecule has 0 aromatic carbocycles. The second-order valence-electron chi connectivity index (χ2n) is 3.93. The van der Waals surface area contributed by atoms with Crippen LogP contribution in [0.4, 0.5) is 0 Å². The Morgan fingerprint density at radius 3 is 3.00 bits per heavy atom. The van der Waals surface area contributed by atoms with Crippen molar-refractivity contribution in [2.24, 2.45) is 5.92 Å². The Morgan fingerprint density at radius 2 is 2.36 bits per heavy atom. The maximum Gasteiger partial charge on any atom is 0.0410 e. The van der Waals surface area contributed by atoms with Gasteiger partial charge in [-0.15, -0.1) is 0 Å². The van der Waals surface area contributed by atoms with Crippen LogP contribution in [0.3, 0.4) is 0 Å². The van der Waals surface area contributed by atoms with Crippen molar-refractivity contribution in [3.63, 3.8) is 0 Å². The van der Waals surface area contributed by atoms with E-state index < -0.39 is 0 Å². The third-order valence-corrected chi connectivity index (χ3v) is 3.52. The minimum atomic E-state index is 0.589. The molecule has 1 saturated heterocycles. The molecule has 1 fully saturated rings. The van der Waals surface area contributed by atoms with Crippen LogP contribution in [0.2, 0.25) is 0 Å². The quantitative estimate of drug-likeness (QED) is 0.827. The highest BCUT2D eigenvalue weighted by Gasteiger charge is 2.37. The monoisotopic (exact) mass is 250 g/mol. The fraction of sp³-hybridized carbons (Fsp3) is 0.364. The van der Waals surface area contributed by atoms with E-state index in [4.69, 9.17) is 0 Å². The number of allylic oxidation sites excluding steroid dienone is 1. The van der Waals surface area contributed by atoms with Crippen molar-refractivity contribution >= 4 is 21.5 Å². The molecule has 3 rings (SSSR count). The van der Waals surface area contributed by atoms with Gasteiger partial charge in [0.05, 0.1) is 0 Å². The lowest BCUT2D eigenvalue weighted by Crippen LogP contribution is -2.50. The molecule has 72 valence electrons. The molecule has 0 saturated carbocycles. The summed E-state index contributed by atoms with van der Waals surface area (Å²) in [6.07, 6.45) is 7.34. The molecule has 2 aliphatic rings. The van der Waals surface area contributed by atoms with Crippen LogP contribution in [0.5, 0.6) is 0 Å². The van der Waals surface area contributed by atoms with Crippen molar-refractivity contribution in [3.8, 4) is 0 Å². The van der Waals surface area contributed by atoms with Crippen molar-refractivity contribution in [3.05, 3.63) is 34.6 Å².